The van der Waals surface area contributed by atoms with Gasteiger partial charge in [-0.05, 0) is 13.3 Å². The first-order valence-corrected chi connectivity index (χ1v) is 5.50. The molecule has 1 heterocycles. The summed E-state index contributed by atoms with van der Waals surface area (Å²) in [4.78, 5) is 26.4. The number of carbonyl (C=O) groups is 2. The van der Waals surface area contributed by atoms with Crippen LogP contribution in [0.1, 0.15) is 42.4 Å². The van der Waals surface area contributed by atoms with Gasteiger partial charge < -0.3 is 14.8 Å². The molecule has 17 heavy (non-hydrogen) atoms. The lowest BCUT2D eigenvalue weighted by Crippen LogP contribution is -2.40. The van der Waals surface area contributed by atoms with E-state index in [1.807, 2.05) is 6.92 Å². The first-order chi connectivity index (χ1) is 8.06. The molecule has 1 rings (SSSR count). The van der Waals surface area contributed by atoms with Crippen LogP contribution in [0.15, 0.2) is 10.8 Å². The molecule has 0 aliphatic carbocycles. The van der Waals surface area contributed by atoms with Gasteiger partial charge in [-0.1, -0.05) is 19.8 Å². The van der Waals surface area contributed by atoms with E-state index in [1.54, 1.807) is 6.92 Å². The highest BCUT2D eigenvalue weighted by atomic mass is 16.4. The van der Waals surface area contributed by atoms with Crippen molar-refractivity contribution in [2.75, 3.05) is 0 Å². The van der Waals surface area contributed by atoms with Gasteiger partial charge >= 0.3 is 5.97 Å². The molecule has 0 saturated carbocycles. The van der Waals surface area contributed by atoms with Crippen LogP contribution in [0, 0.1) is 6.92 Å². The molecule has 1 atom stereocenters. The molecule has 2 N–H and O–H groups in total. The molecule has 0 aromatic carbocycles. The zero-order chi connectivity index (χ0) is 12.8. The van der Waals surface area contributed by atoms with Gasteiger partial charge in [0.2, 0.25) is 5.76 Å². The molecule has 0 fully saturated rings. The second-order valence-corrected chi connectivity index (χ2v) is 3.77. The van der Waals surface area contributed by atoms with E-state index in [-0.39, 0.29) is 5.76 Å². The Balaban J connectivity index is 2.64. The van der Waals surface area contributed by atoms with Gasteiger partial charge in [0.05, 0.1) is 5.69 Å². The number of aromatic nitrogens is 1. The Bertz CT molecular complexity index is 400. The van der Waals surface area contributed by atoms with Crippen LogP contribution in [-0.2, 0) is 4.79 Å². The predicted octanol–water partition coefficient (Wildman–Crippen LogP) is 1.36. The van der Waals surface area contributed by atoms with Crippen molar-refractivity contribution in [2.45, 2.75) is 39.2 Å². The lowest BCUT2D eigenvalue weighted by atomic mass is 10.1. The summed E-state index contributed by atoms with van der Waals surface area (Å²) in [6.45, 7) is 3.58. The third-order valence-electron chi connectivity index (χ3n) is 2.40. The highest BCUT2D eigenvalue weighted by Crippen LogP contribution is 2.07. The van der Waals surface area contributed by atoms with Crippen LogP contribution in [0.4, 0.5) is 0 Å². The van der Waals surface area contributed by atoms with Crippen molar-refractivity contribution in [3.8, 4) is 0 Å². The number of aryl methyl sites for hydroxylation is 1. The number of amides is 1. The molecule has 0 saturated heterocycles. The minimum Gasteiger partial charge on any atom is -0.480 e. The van der Waals surface area contributed by atoms with Crippen molar-refractivity contribution in [2.24, 2.45) is 0 Å². The number of carboxylic acids is 1. The van der Waals surface area contributed by atoms with Crippen LogP contribution in [0.5, 0.6) is 0 Å². The molecule has 0 radical (unpaired) electrons. The lowest BCUT2D eigenvalue weighted by Gasteiger charge is -2.12. The van der Waals surface area contributed by atoms with Gasteiger partial charge in [-0.3, -0.25) is 4.79 Å². The summed E-state index contributed by atoms with van der Waals surface area (Å²) in [5, 5.41) is 11.4. The fourth-order valence-corrected chi connectivity index (χ4v) is 1.41. The summed E-state index contributed by atoms with van der Waals surface area (Å²) in [6, 6.07) is -0.882. The number of oxazole rings is 1. The molecular weight excluding hydrogens is 224 g/mol. The summed E-state index contributed by atoms with van der Waals surface area (Å²) in [5.41, 5.74) is 0.446. The lowest BCUT2D eigenvalue weighted by molar-refractivity contribution is -0.139. The Labute approximate surface area is 99.0 Å². The van der Waals surface area contributed by atoms with Crippen molar-refractivity contribution in [1.29, 1.82) is 0 Å². The number of unbranched alkanes of at least 4 members (excludes halogenated alkanes) is 1. The SMILES string of the molecule is CCCCC(NC(=O)c1ocnc1C)C(=O)O. The first kappa shape index (κ1) is 13.2. The Hall–Kier alpha value is -1.85. The van der Waals surface area contributed by atoms with Gasteiger partial charge in [-0.25, -0.2) is 9.78 Å². The molecule has 6 heteroatoms. The van der Waals surface area contributed by atoms with E-state index in [2.05, 4.69) is 10.3 Å². The topological polar surface area (TPSA) is 92.4 Å². The predicted molar refractivity (Wildman–Crippen MR) is 59.7 cm³/mol. The highest BCUT2D eigenvalue weighted by Gasteiger charge is 2.22. The van der Waals surface area contributed by atoms with Crippen molar-refractivity contribution in [1.82, 2.24) is 10.3 Å². The van der Waals surface area contributed by atoms with E-state index in [1.165, 1.54) is 0 Å². The zero-order valence-corrected chi connectivity index (χ0v) is 9.90. The highest BCUT2D eigenvalue weighted by molar-refractivity contribution is 5.94. The maximum Gasteiger partial charge on any atom is 0.326 e. The quantitative estimate of drug-likeness (QED) is 0.783. The van der Waals surface area contributed by atoms with Gasteiger partial charge in [0.25, 0.3) is 5.91 Å². The van der Waals surface area contributed by atoms with Crippen LogP contribution in [0.25, 0.3) is 0 Å². The molecule has 1 aromatic rings. The van der Waals surface area contributed by atoms with Crippen LogP contribution in [-0.4, -0.2) is 28.0 Å². The summed E-state index contributed by atoms with van der Waals surface area (Å²) < 4.78 is 4.90. The largest absolute Gasteiger partial charge is 0.480 e. The third-order valence-corrected chi connectivity index (χ3v) is 2.40. The van der Waals surface area contributed by atoms with Crippen molar-refractivity contribution in [3.05, 3.63) is 17.8 Å². The van der Waals surface area contributed by atoms with E-state index >= 15 is 0 Å². The number of rotatable bonds is 6. The van der Waals surface area contributed by atoms with E-state index in [0.717, 1.165) is 19.2 Å². The maximum absolute atomic E-state index is 11.7. The van der Waals surface area contributed by atoms with Gasteiger partial charge in [0.15, 0.2) is 6.39 Å². The minimum atomic E-state index is -1.04. The molecular formula is C11H16N2O4. The number of hydrogen-bond donors (Lipinski definition) is 2. The zero-order valence-electron chi connectivity index (χ0n) is 9.90. The Morgan fingerprint density at radius 3 is 2.76 bits per heavy atom. The van der Waals surface area contributed by atoms with Crippen molar-refractivity contribution >= 4 is 11.9 Å². The Morgan fingerprint density at radius 1 is 1.59 bits per heavy atom. The van der Waals surface area contributed by atoms with Crippen LogP contribution in [0.2, 0.25) is 0 Å². The number of nitrogens with one attached hydrogen (secondary N) is 1. The molecule has 94 valence electrons. The van der Waals surface area contributed by atoms with E-state index in [4.69, 9.17) is 9.52 Å². The molecule has 6 nitrogen and oxygen atoms in total. The van der Waals surface area contributed by atoms with Crippen LogP contribution in [0.3, 0.4) is 0 Å². The smallest absolute Gasteiger partial charge is 0.326 e. The Kier molecular flexibility index (Phi) is 4.68. The number of hydrogen-bond acceptors (Lipinski definition) is 4. The molecule has 0 spiro atoms. The standard InChI is InChI=1S/C11H16N2O4/c1-3-4-5-8(11(15)16)13-10(14)9-7(2)12-6-17-9/h6,8H,3-5H2,1-2H3,(H,13,14)(H,15,16). The second-order valence-electron chi connectivity index (χ2n) is 3.77. The van der Waals surface area contributed by atoms with Crippen LogP contribution >= 0.6 is 0 Å². The van der Waals surface area contributed by atoms with Crippen molar-refractivity contribution < 1.29 is 19.1 Å². The normalized spacial score (nSPS) is 12.1. The number of carbonyl (C=O) groups excluding carboxylic acids is 1. The monoisotopic (exact) mass is 240 g/mol. The van der Waals surface area contributed by atoms with E-state index < -0.39 is 17.9 Å². The molecule has 0 aliphatic rings. The first-order valence-electron chi connectivity index (χ1n) is 5.50. The molecule has 1 aromatic heterocycles. The Morgan fingerprint density at radius 2 is 2.29 bits per heavy atom. The minimum absolute atomic E-state index is 0.0627. The van der Waals surface area contributed by atoms with Crippen molar-refractivity contribution in [3.63, 3.8) is 0 Å². The fraction of sp³-hybridized carbons (Fsp3) is 0.545. The fourth-order valence-electron chi connectivity index (χ4n) is 1.41. The molecule has 1 amide bonds. The van der Waals surface area contributed by atoms with Gasteiger partial charge in [-0.15, -0.1) is 0 Å². The van der Waals surface area contributed by atoms with E-state index in [0.29, 0.717) is 12.1 Å². The molecule has 0 bridgehead atoms. The average molecular weight is 240 g/mol. The summed E-state index contributed by atoms with van der Waals surface area (Å²) >= 11 is 0. The molecule has 0 aliphatic heterocycles. The van der Waals surface area contributed by atoms with Gasteiger partial charge in [-0.2, -0.15) is 0 Å². The molecule has 1 unspecified atom stereocenters. The summed E-state index contributed by atoms with van der Waals surface area (Å²) in [7, 11) is 0. The van der Waals surface area contributed by atoms with E-state index in [9.17, 15) is 9.59 Å². The number of nitrogens with zero attached hydrogens (tertiary/aromatic N) is 1. The number of aliphatic carboxylic acids is 1. The second kappa shape index (κ2) is 6.03. The summed E-state index contributed by atoms with van der Waals surface area (Å²) in [5.74, 6) is -1.51. The third kappa shape index (κ3) is 3.58. The number of carboxylic acid groups (broad SMARTS) is 1. The van der Waals surface area contributed by atoms with Crippen LogP contribution < -0.4 is 5.32 Å². The summed E-state index contributed by atoms with van der Waals surface area (Å²) in [6.07, 6.45) is 3.18. The van der Waals surface area contributed by atoms with Gasteiger partial charge in [0.1, 0.15) is 6.04 Å². The maximum atomic E-state index is 11.7. The average Bonchev–Trinajstić information content (AvgIpc) is 2.70. The van der Waals surface area contributed by atoms with Gasteiger partial charge in [0, 0.05) is 0 Å².